The summed E-state index contributed by atoms with van der Waals surface area (Å²) < 4.78 is 0. The highest BCUT2D eigenvalue weighted by Gasteiger charge is 2.74. The van der Waals surface area contributed by atoms with E-state index in [9.17, 15) is 9.90 Å². The highest BCUT2D eigenvalue weighted by Crippen LogP contribution is 2.74. The van der Waals surface area contributed by atoms with Crippen LogP contribution in [0.25, 0.3) is 0 Å². The van der Waals surface area contributed by atoms with Crippen molar-refractivity contribution in [1.29, 1.82) is 0 Å². The van der Waals surface area contributed by atoms with Crippen LogP contribution in [0, 0.1) is 28.6 Å². The standard InChI is InChI=1S/C15H24O2/c1-9-5-6-15-11(9)7-10(13(15,2)3)8-12(16)14(15,4)17/h9-11,17H,5-8H2,1-4H3/t9-,10+,11+,14+,15-/m0/s1. The molecule has 2 heteroatoms. The summed E-state index contributed by atoms with van der Waals surface area (Å²) in [5.41, 5.74) is -1.14. The smallest absolute Gasteiger partial charge is 0.164 e. The van der Waals surface area contributed by atoms with E-state index < -0.39 is 5.60 Å². The van der Waals surface area contributed by atoms with Gasteiger partial charge in [0.15, 0.2) is 5.78 Å². The van der Waals surface area contributed by atoms with Crippen LogP contribution in [0.1, 0.15) is 53.4 Å². The SMILES string of the molecule is C[C@H]1CC[C@@]23[C@@H]1C[C@H](CC(=O)[C@@]2(C)O)C3(C)C. The average Bonchev–Trinajstić information content (AvgIpc) is 2.62. The molecule has 0 aliphatic heterocycles. The predicted molar refractivity (Wildman–Crippen MR) is 66.5 cm³/mol. The average molecular weight is 236 g/mol. The zero-order valence-electron chi connectivity index (χ0n) is 11.4. The van der Waals surface area contributed by atoms with Crippen molar-refractivity contribution in [2.45, 2.75) is 59.0 Å². The molecular formula is C15H24O2. The van der Waals surface area contributed by atoms with Crippen molar-refractivity contribution < 1.29 is 9.90 Å². The van der Waals surface area contributed by atoms with Gasteiger partial charge in [-0.3, -0.25) is 4.79 Å². The lowest BCUT2D eigenvalue weighted by atomic mass is 9.50. The van der Waals surface area contributed by atoms with Gasteiger partial charge in [-0.15, -0.1) is 0 Å². The molecule has 1 spiro atoms. The summed E-state index contributed by atoms with van der Waals surface area (Å²) in [4.78, 5) is 12.3. The Balaban J connectivity index is 2.21. The summed E-state index contributed by atoms with van der Waals surface area (Å²) >= 11 is 0. The van der Waals surface area contributed by atoms with E-state index in [-0.39, 0.29) is 16.6 Å². The van der Waals surface area contributed by atoms with E-state index in [1.54, 1.807) is 6.92 Å². The van der Waals surface area contributed by atoms with E-state index in [1.807, 2.05) is 0 Å². The highest BCUT2D eigenvalue weighted by molar-refractivity contribution is 5.90. The fourth-order valence-electron chi connectivity index (χ4n) is 5.77. The molecule has 3 saturated carbocycles. The second kappa shape index (κ2) is 2.96. The minimum Gasteiger partial charge on any atom is -0.382 e. The molecule has 0 saturated heterocycles. The zero-order valence-corrected chi connectivity index (χ0v) is 11.4. The number of hydrogen-bond donors (Lipinski definition) is 1. The van der Waals surface area contributed by atoms with Crippen molar-refractivity contribution in [1.82, 2.24) is 0 Å². The zero-order chi connectivity index (χ0) is 12.6. The molecule has 3 fully saturated rings. The van der Waals surface area contributed by atoms with Crippen LogP contribution in [-0.4, -0.2) is 16.5 Å². The van der Waals surface area contributed by atoms with Gasteiger partial charge in [-0.2, -0.15) is 0 Å². The summed E-state index contributed by atoms with van der Waals surface area (Å²) in [6.45, 7) is 8.67. The van der Waals surface area contributed by atoms with Crippen LogP contribution in [-0.2, 0) is 4.79 Å². The molecule has 0 aromatic heterocycles. The molecule has 2 nitrogen and oxygen atoms in total. The van der Waals surface area contributed by atoms with Gasteiger partial charge in [-0.25, -0.2) is 0 Å². The molecule has 3 aliphatic rings. The monoisotopic (exact) mass is 236 g/mol. The highest BCUT2D eigenvalue weighted by atomic mass is 16.3. The number of ketones is 1. The second-order valence-corrected chi connectivity index (χ2v) is 7.45. The molecular weight excluding hydrogens is 212 g/mol. The third-order valence-electron chi connectivity index (χ3n) is 6.87. The Labute approximate surface area is 104 Å². The Bertz CT molecular complexity index is 382. The maximum Gasteiger partial charge on any atom is 0.164 e. The number of hydrogen-bond acceptors (Lipinski definition) is 2. The van der Waals surface area contributed by atoms with E-state index in [4.69, 9.17) is 0 Å². The van der Waals surface area contributed by atoms with Crippen molar-refractivity contribution in [3.05, 3.63) is 0 Å². The molecule has 0 radical (unpaired) electrons. The first-order valence-corrected chi connectivity index (χ1v) is 7.01. The van der Waals surface area contributed by atoms with Gasteiger partial charge < -0.3 is 5.11 Å². The normalized spacial score (nSPS) is 56.1. The quantitative estimate of drug-likeness (QED) is 0.702. The lowest BCUT2D eigenvalue weighted by Gasteiger charge is -2.55. The van der Waals surface area contributed by atoms with E-state index in [1.165, 1.54) is 6.42 Å². The van der Waals surface area contributed by atoms with Gasteiger partial charge in [-0.1, -0.05) is 20.8 Å². The topological polar surface area (TPSA) is 37.3 Å². The molecule has 5 atom stereocenters. The molecule has 3 aliphatic carbocycles. The number of aliphatic hydroxyl groups is 1. The molecule has 2 bridgehead atoms. The summed E-state index contributed by atoms with van der Waals surface area (Å²) in [5, 5.41) is 10.9. The molecule has 96 valence electrons. The maximum absolute atomic E-state index is 12.3. The van der Waals surface area contributed by atoms with Crippen LogP contribution < -0.4 is 0 Å². The minimum absolute atomic E-state index is 0.0958. The fourth-order valence-corrected chi connectivity index (χ4v) is 5.77. The Kier molecular flexibility index (Phi) is 2.04. The van der Waals surface area contributed by atoms with Crippen LogP contribution in [0.2, 0.25) is 0 Å². The maximum atomic E-state index is 12.3. The third-order valence-corrected chi connectivity index (χ3v) is 6.87. The molecule has 0 heterocycles. The largest absolute Gasteiger partial charge is 0.382 e. The van der Waals surface area contributed by atoms with E-state index in [2.05, 4.69) is 20.8 Å². The first kappa shape index (κ1) is 11.7. The number of carbonyl (C=O) groups excluding carboxylic acids is 1. The summed E-state index contributed by atoms with van der Waals surface area (Å²) in [6, 6.07) is 0. The molecule has 1 N–H and O–H groups in total. The van der Waals surface area contributed by atoms with Crippen molar-refractivity contribution in [3.8, 4) is 0 Å². The van der Waals surface area contributed by atoms with Crippen molar-refractivity contribution in [2.24, 2.45) is 28.6 Å². The molecule has 17 heavy (non-hydrogen) atoms. The Morgan fingerprint density at radius 2 is 1.94 bits per heavy atom. The van der Waals surface area contributed by atoms with Crippen molar-refractivity contribution >= 4 is 5.78 Å². The number of fused-ring (bicyclic) bond motifs is 1. The van der Waals surface area contributed by atoms with Gasteiger partial charge in [0.2, 0.25) is 0 Å². The van der Waals surface area contributed by atoms with E-state index >= 15 is 0 Å². The van der Waals surface area contributed by atoms with Gasteiger partial charge >= 0.3 is 0 Å². The van der Waals surface area contributed by atoms with E-state index in [0.717, 1.165) is 12.8 Å². The first-order chi connectivity index (χ1) is 7.75. The van der Waals surface area contributed by atoms with Crippen molar-refractivity contribution in [3.63, 3.8) is 0 Å². The lowest BCUT2D eigenvalue weighted by molar-refractivity contribution is -0.183. The van der Waals surface area contributed by atoms with Crippen LogP contribution in [0.5, 0.6) is 0 Å². The van der Waals surface area contributed by atoms with Gasteiger partial charge in [-0.05, 0) is 49.4 Å². The summed E-state index contributed by atoms with van der Waals surface area (Å²) in [7, 11) is 0. The van der Waals surface area contributed by atoms with Crippen molar-refractivity contribution in [2.75, 3.05) is 0 Å². The lowest BCUT2D eigenvalue weighted by Crippen LogP contribution is -2.62. The van der Waals surface area contributed by atoms with Gasteiger partial charge in [0.1, 0.15) is 5.60 Å². The minimum atomic E-state index is -1.10. The number of rotatable bonds is 0. The Hall–Kier alpha value is -0.370. The van der Waals surface area contributed by atoms with Gasteiger partial charge in [0.25, 0.3) is 0 Å². The fraction of sp³-hybridized carbons (Fsp3) is 0.933. The summed E-state index contributed by atoms with van der Waals surface area (Å²) in [6.07, 6.45) is 3.94. The Morgan fingerprint density at radius 1 is 1.29 bits per heavy atom. The predicted octanol–water partition coefficient (Wildman–Crippen LogP) is 2.79. The molecule has 0 aromatic carbocycles. The van der Waals surface area contributed by atoms with Gasteiger partial charge in [0.05, 0.1) is 0 Å². The third kappa shape index (κ3) is 1.01. The Morgan fingerprint density at radius 3 is 2.59 bits per heavy atom. The number of Topliss-reactive ketones (excluding diaryl/α,β-unsaturated/α-hetero) is 1. The molecule has 0 unspecified atom stereocenters. The van der Waals surface area contributed by atoms with Crippen LogP contribution in [0.3, 0.4) is 0 Å². The van der Waals surface area contributed by atoms with Crippen LogP contribution in [0.4, 0.5) is 0 Å². The summed E-state index contributed by atoms with van der Waals surface area (Å²) in [5.74, 6) is 1.79. The molecule has 0 aromatic rings. The van der Waals surface area contributed by atoms with Crippen LogP contribution >= 0.6 is 0 Å². The van der Waals surface area contributed by atoms with E-state index in [0.29, 0.717) is 24.2 Å². The molecule has 0 amide bonds. The van der Waals surface area contributed by atoms with Crippen LogP contribution in [0.15, 0.2) is 0 Å². The first-order valence-electron chi connectivity index (χ1n) is 7.01. The molecule has 3 rings (SSSR count). The van der Waals surface area contributed by atoms with Gasteiger partial charge in [0, 0.05) is 11.8 Å². The second-order valence-electron chi connectivity index (χ2n) is 7.45. The number of carbonyl (C=O) groups is 1.